The lowest BCUT2D eigenvalue weighted by Gasteiger charge is -2.39. The molecule has 2 fully saturated rings. The van der Waals surface area contributed by atoms with E-state index in [1.807, 2.05) is 42.5 Å². The maximum Gasteiger partial charge on any atom is 0.410 e. The van der Waals surface area contributed by atoms with Crippen molar-refractivity contribution in [2.24, 2.45) is 5.92 Å². The third-order valence-corrected chi connectivity index (χ3v) is 9.29. The van der Waals surface area contributed by atoms with Gasteiger partial charge in [0.05, 0.1) is 12.0 Å². The van der Waals surface area contributed by atoms with Gasteiger partial charge in [-0.05, 0) is 48.6 Å². The Bertz CT molecular complexity index is 1340. The highest BCUT2D eigenvalue weighted by Gasteiger charge is 2.56. The molecule has 218 valence electrons. The van der Waals surface area contributed by atoms with Crippen molar-refractivity contribution < 1.29 is 38.8 Å². The quantitative estimate of drug-likeness (QED) is 0.165. The maximum absolute atomic E-state index is 13.6. The number of carbonyl (C=O) groups is 3. The van der Waals surface area contributed by atoms with Crippen LogP contribution in [0.15, 0.2) is 60.2 Å². The van der Waals surface area contributed by atoms with E-state index in [2.05, 4.69) is 34.7 Å². The number of ether oxygens (including phenoxy) is 3. The standard InChI is InChI=1S/C31H34INO8/c1-18-27(34)41-25-13-15-33(26(25)19(12-14-32)16-39-28(35)31(3,38)30(18,2)37)29(36)40-17-24-22-10-6-4-8-20(22)21-9-5-7-11-23(21)24/h4-12,18,24-26,37-38H,13-17H2,1-3H3/b19-12+/t18-,25+,26+,30-,31-/m0/s1. The molecular weight excluding hydrogens is 641 g/mol. The van der Waals surface area contributed by atoms with Gasteiger partial charge in [-0.1, -0.05) is 77.2 Å². The Morgan fingerprint density at radius 2 is 1.71 bits per heavy atom. The van der Waals surface area contributed by atoms with Crippen LogP contribution in [0.3, 0.4) is 0 Å². The summed E-state index contributed by atoms with van der Waals surface area (Å²) in [6.07, 6.45) is 0.821. The molecule has 10 heteroatoms. The van der Waals surface area contributed by atoms with E-state index >= 15 is 0 Å². The number of fused-ring (bicyclic) bond motifs is 4. The molecule has 5 atom stereocenters. The Morgan fingerprint density at radius 1 is 1.10 bits per heavy atom. The summed E-state index contributed by atoms with van der Waals surface area (Å²) in [5, 5.41) is 21.9. The van der Waals surface area contributed by atoms with Crippen LogP contribution in [0.2, 0.25) is 0 Å². The molecule has 0 unspecified atom stereocenters. The van der Waals surface area contributed by atoms with Crippen molar-refractivity contribution in [1.29, 1.82) is 0 Å². The summed E-state index contributed by atoms with van der Waals surface area (Å²) in [4.78, 5) is 41.2. The van der Waals surface area contributed by atoms with Gasteiger partial charge in [-0.25, -0.2) is 9.59 Å². The van der Waals surface area contributed by atoms with Gasteiger partial charge in [0, 0.05) is 23.3 Å². The number of halogens is 1. The Morgan fingerprint density at radius 3 is 2.32 bits per heavy atom. The summed E-state index contributed by atoms with van der Waals surface area (Å²) in [5.74, 6) is -3.25. The molecule has 3 aliphatic rings. The van der Waals surface area contributed by atoms with Gasteiger partial charge >= 0.3 is 18.0 Å². The van der Waals surface area contributed by atoms with Gasteiger partial charge in [0.25, 0.3) is 0 Å². The van der Waals surface area contributed by atoms with Crippen molar-refractivity contribution in [2.45, 2.75) is 56.5 Å². The molecule has 0 aromatic heterocycles. The van der Waals surface area contributed by atoms with Crippen LogP contribution >= 0.6 is 22.6 Å². The van der Waals surface area contributed by atoms with E-state index in [0.717, 1.165) is 29.2 Å². The number of likely N-dealkylation sites (tertiary alicyclic amines) is 1. The number of amides is 1. The second kappa shape index (κ2) is 11.4. The summed E-state index contributed by atoms with van der Waals surface area (Å²) in [6, 6.07) is 15.4. The Balaban J connectivity index is 1.41. The fraction of sp³-hybridized carbons (Fsp3) is 0.452. The zero-order valence-electron chi connectivity index (χ0n) is 23.2. The molecule has 2 aromatic carbocycles. The SMILES string of the molecule is C[C@H]1C(=O)O[C@@H]2CCN(C(=O)OCC3c4ccccc4-c4ccccc43)[C@@H]2/C(=C/CI)COC(=O)[C@](C)(O)[C@@]1(C)O. The largest absolute Gasteiger partial charge is 0.459 e. The summed E-state index contributed by atoms with van der Waals surface area (Å²) in [6.45, 7) is 3.83. The molecule has 2 N–H and O–H groups in total. The summed E-state index contributed by atoms with van der Waals surface area (Å²) in [5.41, 5.74) is 0.421. The smallest absolute Gasteiger partial charge is 0.410 e. The van der Waals surface area contributed by atoms with Gasteiger partial charge < -0.3 is 24.4 Å². The predicted molar refractivity (Wildman–Crippen MR) is 158 cm³/mol. The molecule has 2 heterocycles. The highest BCUT2D eigenvalue weighted by atomic mass is 127. The van der Waals surface area contributed by atoms with Crippen LogP contribution in [0.1, 0.15) is 44.2 Å². The first-order valence-electron chi connectivity index (χ1n) is 13.7. The minimum Gasteiger partial charge on any atom is -0.459 e. The number of rotatable bonds is 3. The minimum atomic E-state index is -2.38. The van der Waals surface area contributed by atoms with Crippen molar-refractivity contribution in [1.82, 2.24) is 4.90 Å². The molecule has 9 nitrogen and oxygen atoms in total. The third-order valence-electron chi connectivity index (χ3n) is 8.85. The number of aliphatic hydroxyl groups is 2. The number of benzene rings is 2. The van der Waals surface area contributed by atoms with Gasteiger partial charge in [0.15, 0.2) is 5.60 Å². The van der Waals surface area contributed by atoms with Crippen molar-refractivity contribution in [3.63, 3.8) is 0 Å². The molecule has 1 aliphatic carbocycles. The number of alkyl halides is 1. The van der Waals surface area contributed by atoms with Gasteiger partial charge in [0.1, 0.15) is 24.9 Å². The van der Waals surface area contributed by atoms with Crippen molar-refractivity contribution in [3.8, 4) is 11.1 Å². The molecule has 41 heavy (non-hydrogen) atoms. The predicted octanol–water partition coefficient (Wildman–Crippen LogP) is 3.98. The summed E-state index contributed by atoms with van der Waals surface area (Å²) < 4.78 is 17.8. The number of carbonyl (C=O) groups excluding carboxylic acids is 3. The average Bonchev–Trinajstić information content (AvgIpc) is 3.51. The number of nitrogens with zero attached hydrogens (tertiary/aromatic N) is 1. The molecule has 1 amide bonds. The van der Waals surface area contributed by atoms with Crippen LogP contribution in [-0.4, -0.2) is 80.7 Å². The second-order valence-electron chi connectivity index (χ2n) is 11.2. The lowest BCUT2D eigenvalue weighted by Crippen LogP contribution is -2.61. The van der Waals surface area contributed by atoms with Crippen LogP contribution in [-0.2, 0) is 23.8 Å². The molecule has 2 aliphatic heterocycles. The fourth-order valence-electron chi connectivity index (χ4n) is 5.97. The summed E-state index contributed by atoms with van der Waals surface area (Å²) in [7, 11) is 0. The monoisotopic (exact) mass is 675 g/mol. The molecule has 0 bridgehead atoms. The van der Waals surface area contributed by atoms with Crippen LogP contribution in [0.5, 0.6) is 0 Å². The van der Waals surface area contributed by atoms with Gasteiger partial charge in [-0.15, -0.1) is 0 Å². The molecule has 2 saturated heterocycles. The molecule has 2 aromatic rings. The Labute approximate surface area is 252 Å². The Kier molecular flexibility index (Phi) is 8.19. The first kappa shape index (κ1) is 29.5. The normalized spacial score (nSPS) is 31.0. The zero-order chi connectivity index (χ0) is 29.5. The van der Waals surface area contributed by atoms with Gasteiger partial charge in [-0.3, -0.25) is 9.69 Å². The van der Waals surface area contributed by atoms with Crippen molar-refractivity contribution in [2.75, 3.05) is 24.2 Å². The van der Waals surface area contributed by atoms with E-state index < -0.39 is 47.3 Å². The maximum atomic E-state index is 13.6. The highest BCUT2D eigenvalue weighted by Crippen LogP contribution is 2.45. The van der Waals surface area contributed by atoms with Crippen LogP contribution < -0.4 is 0 Å². The minimum absolute atomic E-state index is 0.120. The number of hydrogen-bond donors (Lipinski definition) is 2. The first-order valence-corrected chi connectivity index (χ1v) is 15.2. The lowest BCUT2D eigenvalue weighted by atomic mass is 9.76. The third kappa shape index (κ3) is 5.14. The van der Waals surface area contributed by atoms with Crippen molar-refractivity contribution >= 4 is 40.6 Å². The number of allylic oxidation sites excluding steroid dienone is 1. The Hall–Kier alpha value is -2.96. The molecular formula is C31H34INO8. The van der Waals surface area contributed by atoms with E-state index in [1.165, 1.54) is 18.7 Å². The number of esters is 2. The van der Waals surface area contributed by atoms with Gasteiger partial charge in [-0.2, -0.15) is 0 Å². The van der Waals surface area contributed by atoms with E-state index in [-0.39, 0.29) is 25.7 Å². The zero-order valence-corrected chi connectivity index (χ0v) is 25.4. The number of cyclic esters (lactones) is 1. The highest BCUT2D eigenvalue weighted by molar-refractivity contribution is 14.1. The van der Waals surface area contributed by atoms with Gasteiger partial charge in [0.2, 0.25) is 0 Å². The van der Waals surface area contributed by atoms with Crippen molar-refractivity contribution in [3.05, 3.63) is 71.3 Å². The fourth-order valence-corrected chi connectivity index (χ4v) is 6.54. The lowest BCUT2D eigenvalue weighted by molar-refractivity contribution is -0.205. The molecule has 0 radical (unpaired) electrons. The molecule has 0 spiro atoms. The van der Waals surface area contributed by atoms with Crippen LogP contribution in [0.4, 0.5) is 4.79 Å². The van der Waals surface area contributed by atoms with Crippen LogP contribution in [0.25, 0.3) is 11.1 Å². The van der Waals surface area contributed by atoms with Crippen LogP contribution in [0, 0.1) is 5.92 Å². The molecule has 0 saturated carbocycles. The summed E-state index contributed by atoms with van der Waals surface area (Å²) >= 11 is 2.13. The molecule has 5 rings (SSSR count). The number of hydrogen-bond acceptors (Lipinski definition) is 8. The average molecular weight is 676 g/mol. The topological polar surface area (TPSA) is 123 Å². The second-order valence-corrected chi connectivity index (χ2v) is 12.0. The first-order chi connectivity index (χ1) is 19.5. The van der Waals surface area contributed by atoms with E-state index in [0.29, 0.717) is 16.4 Å². The van der Waals surface area contributed by atoms with E-state index in [9.17, 15) is 24.6 Å². The van der Waals surface area contributed by atoms with E-state index in [4.69, 9.17) is 14.2 Å². The van der Waals surface area contributed by atoms with E-state index in [1.54, 1.807) is 0 Å².